The number of ether oxygens (including phenoxy) is 2. The Labute approximate surface area is 179 Å². The first-order chi connectivity index (χ1) is 15.1. The monoisotopic (exact) mass is 414 g/mol. The van der Waals surface area contributed by atoms with Gasteiger partial charge in [-0.3, -0.25) is 4.79 Å². The molecule has 1 atom stereocenters. The van der Waals surface area contributed by atoms with Gasteiger partial charge in [0, 0.05) is 16.8 Å². The van der Waals surface area contributed by atoms with Gasteiger partial charge in [-0.15, -0.1) is 0 Å². The minimum Gasteiger partial charge on any atom is -0.454 e. The highest BCUT2D eigenvalue weighted by Gasteiger charge is 2.16. The summed E-state index contributed by atoms with van der Waals surface area (Å²) in [6, 6.07) is 18.7. The van der Waals surface area contributed by atoms with Crippen LogP contribution in [0.2, 0.25) is 0 Å². The molecule has 0 bridgehead atoms. The number of benzene rings is 3. The minimum absolute atomic E-state index is 0.177. The van der Waals surface area contributed by atoms with Crippen molar-refractivity contribution in [3.63, 3.8) is 0 Å². The van der Waals surface area contributed by atoms with Crippen molar-refractivity contribution in [3.8, 4) is 23.0 Å². The van der Waals surface area contributed by atoms with Crippen LogP contribution in [-0.2, 0) is 0 Å². The number of nitrogens with zero attached hydrogens (tertiary/aromatic N) is 1. The molecule has 0 fully saturated rings. The average Bonchev–Trinajstić information content (AvgIpc) is 3.44. The Kier molecular flexibility index (Phi) is 4.82. The molecular formula is C25H22N2O4. The minimum atomic E-state index is -0.217. The number of hydrogen-bond donors (Lipinski definition) is 1. The molecule has 0 saturated heterocycles. The van der Waals surface area contributed by atoms with E-state index in [2.05, 4.69) is 36.3 Å². The first kappa shape index (κ1) is 19.2. The third kappa shape index (κ3) is 3.72. The highest BCUT2D eigenvalue weighted by molar-refractivity contribution is 6.04. The molecule has 1 aliphatic rings. The molecule has 1 unspecified atom stereocenters. The Morgan fingerprint density at radius 2 is 1.84 bits per heavy atom. The third-order valence-corrected chi connectivity index (χ3v) is 5.62. The predicted octanol–water partition coefficient (Wildman–Crippen LogP) is 5.99. The Balaban J connectivity index is 1.33. The van der Waals surface area contributed by atoms with Gasteiger partial charge < -0.3 is 19.2 Å². The fourth-order valence-corrected chi connectivity index (χ4v) is 3.55. The third-order valence-electron chi connectivity index (χ3n) is 5.62. The maximum atomic E-state index is 12.6. The summed E-state index contributed by atoms with van der Waals surface area (Å²) in [6.45, 7) is 4.56. The van der Waals surface area contributed by atoms with E-state index in [1.807, 2.05) is 30.3 Å². The molecule has 31 heavy (non-hydrogen) atoms. The van der Waals surface area contributed by atoms with Crippen LogP contribution in [0.15, 0.2) is 65.1 Å². The second-order valence-corrected chi connectivity index (χ2v) is 7.65. The van der Waals surface area contributed by atoms with Crippen molar-refractivity contribution >= 4 is 22.7 Å². The lowest BCUT2D eigenvalue weighted by Crippen LogP contribution is -2.11. The Bertz CT molecular complexity index is 1260. The van der Waals surface area contributed by atoms with Gasteiger partial charge in [0.05, 0.1) is 0 Å². The van der Waals surface area contributed by atoms with E-state index in [4.69, 9.17) is 13.9 Å². The van der Waals surface area contributed by atoms with Gasteiger partial charge in [-0.2, -0.15) is 0 Å². The number of fused-ring (bicyclic) bond motifs is 2. The van der Waals surface area contributed by atoms with Crippen LogP contribution in [0.3, 0.4) is 0 Å². The van der Waals surface area contributed by atoms with Gasteiger partial charge in [0.25, 0.3) is 5.91 Å². The standard InChI is InChI=1S/C25H22N2O4/c1-3-15(2)17-6-10-21-20(12-17)27-25(31-21)16-4-8-19(9-5-16)26-24(28)18-7-11-22-23(13-18)30-14-29-22/h4-13,15H,3,14H2,1-2H3,(H,26,28). The molecule has 6 nitrogen and oxygen atoms in total. The summed E-state index contributed by atoms with van der Waals surface area (Å²) >= 11 is 0. The molecule has 0 saturated carbocycles. The molecule has 1 amide bonds. The summed E-state index contributed by atoms with van der Waals surface area (Å²) in [5.41, 5.74) is 4.92. The zero-order chi connectivity index (χ0) is 21.4. The molecule has 5 rings (SSSR count). The molecule has 1 aromatic heterocycles. The molecule has 1 N–H and O–H groups in total. The first-order valence-electron chi connectivity index (χ1n) is 10.3. The summed E-state index contributed by atoms with van der Waals surface area (Å²) < 4.78 is 16.6. The molecule has 4 aromatic rings. The van der Waals surface area contributed by atoms with Crippen LogP contribution in [0, 0.1) is 0 Å². The predicted molar refractivity (Wildman–Crippen MR) is 119 cm³/mol. The number of hydrogen-bond acceptors (Lipinski definition) is 5. The molecule has 2 heterocycles. The lowest BCUT2D eigenvalue weighted by atomic mass is 9.98. The Hall–Kier alpha value is -3.80. The van der Waals surface area contributed by atoms with Gasteiger partial charge in [0.2, 0.25) is 12.7 Å². The number of aromatic nitrogens is 1. The SMILES string of the molecule is CCC(C)c1ccc2oc(-c3ccc(NC(=O)c4ccc5c(c4)OCO5)cc3)nc2c1. The summed E-state index contributed by atoms with van der Waals surface area (Å²) in [4.78, 5) is 17.2. The van der Waals surface area contributed by atoms with Crippen molar-refractivity contribution in [2.24, 2.45) is 0 Å². The van der Waals surface area contributed by atoms with Crippen LogP contribution in [0.4, 0.5) is 5.69 Å². The van der Waals surface area contributed by atoms with E-state index in [0.717, 1.165) is 23.1 Å². The number of carbonyl (C=O) groups is 1. The van der Waals surface area contributed by atoms with E-state index in [1.165, 1.54) is 5.56 Å². The molecule has 6 heteroatoms. The second kappa shape index (κ2) is 7.80. The van der Waals surface area contributed by atoms with Gasteiger partial charge in [-0.05, 0) is 72.5 Å². The zero-order valence-electron chi connectivity index (χ0n) is 17.3. The highest BCUT2D eigenvalue weighted by Crippen LogP contribution is 2.33. The second-order valence-electron chi connectivity index (χ2n) is 7.65. The maximum Gasteiger partial charge on any atom is 0.255 e. The fraction of sp³-hybridized carbons (Fsp3) is 0.200. The molecular weight excluding hydrogens is 392 g/mol. The average molecular weight is 414 g/mol. The first-order valence-corrected chi connectivity index (χ1v) is 10.3. The normalized spacial score (nSPS) is 13.4. The van der Waals surface area contributed by atoms with Crippen molar-refractivity contribution in [3.05, 3.63) is 71.8 Å². The molecule has 0 radical (unpaired) electrons. The lowest BCUT2D eigenvalue weighted by Gasteiger charge is -2.07. The Morgan fingerprint density at radius 3 is 2.65 bits per heavy atom. The van der Waals surface area contributed by atoms with Crippen LogP contribution in [0.25, 0.3) is 22.6 Å². The van der Waals surface area contributed by atoms with E-state index in [1.54, 1.807) is 18.2 Å². The summed E-state index contributed by atoms with van der Waals surface area (Å²) in [6.07, 6.45) is 1.08. The van der Waals surface area contributed by atoms with Gasteiger partial charge in [-0.1, -0.05) is 19.9 Å². The number of carbonyl (C=O) groups excluding carboxylic acids is 1. The van der Waals surface area contributed by atoms with Gasteiger partial charge in [0.1, 0.15) is 5.52 Å². The van der Waals surface area contributed by atoms with E-state index >= 15 is 0 Å². The number of nitrogens with one attached hydrogen (secondary N) is 1. The smallest absolute Gasteiger partial charge is 0.255 e. The van der Waals surface area contributed by atoms with E-state index in [0.29, 0.717) is 34.6 Å². The van der Waals surface area contributed by atoms with E-state index in [-0.39, 0.29) is 12.7 Å². The maximum absolute atomic E-state index is 12.6. The number of anilines is 1. The molecule has 1 aliphatic heterocycles. The number of oxazole rings is 1. The van der Waals surface area contributed by atoms with Gasteiger partial charge in [-0.25, -0.2) is 4.98 Å². The van der Waals surface area contributed by atoms with Crippen LogP contribution < -0.4 is 14.8 Å². The molecule has 156 valence electrons. The topological polar surface area (TPSA) is 73.6 Å². The van der Waals surface area contributed by atoms with Crippen LogP contribution >= 0.6 is 0 Å². The summed E-state index contributed by atoms with van der Waals surface area (Å²) in [5, 5.41) is 2.89. The van der Waals surface area contributed by atoms with Crippen LogP contribution in [0.5, 0.6) is 11.5 Å². The molecule has 0 aliphatic carbocycles. The van der Waals surface area contributed by atoms with Gasteiger partial charge in [0.15, 0.2) is 17.1 Å². The van der Waals surface area contributed by atoms with Crippen molar-refractivity contribution in [2.75, 3.05) is 12.1 Å². The summed E-state index contributed by atoms with van der Waals surface area (Å²) in [5.74, 6) is 2.05. The fourth-order valence-electron chi connectivity index (χ4n) is 3.55. The highest BCUT2D eigenvalue weighted by atomic mass is 16.7. The van der Waals surface area contributed by atoms with Crippen LogP contribution in [0.1, 0.15) is 42.1 Å². The van der Waals surface area contributed by atoms with Crippen molar-refractivity contribution < 1.29 is 18.7 Å². The van der Waals surface area contributed by atoms with E-state index in [9.17, 15) is 4.79 Å². The Morgan fingerprint density at radius 1 is 1.03 bits per heavy atom. The largest absolute Gasteiger partial charge is 0.454 e. The molecule has 0 spiro atoms. The van der Waals surface area contributed by atoms with Crippen molar-refractivity contribution in [2.45, 2.75) is 26.2 Å². The lowest BCUT2D eigenvalue weighted by molar-refractivity contribution is 0.102. The molecule has 3 aromatic carbocycles. The van der Waals surface area contributed by atoms with E-state index < -0.39 is 0 Å². The number of amides is 1. The summed E-state index contributed by atoms with van der Waals surface area (Å²) in [7, 11) is 0. The van der Waals surface area contributed by atoms with Crippen molar-refractivity contribution in [1.29, 1.82) is 0 Å². The van der Waals surface area contributed by atoms with Crippen molar-refractivity contribution in [1.82, 2.24) is 4.98 Å². The van der Waals surface area contributed by atoms with Crippen LogP contribution in [-0.4, -0.2) is 17.7 Å². The zero-order valence-corrected chi connectivity index (χ0v) is 17.3. The van der Waals surface area contributed by atoms with Gasteiger partial charge >= 0.3 is 0 Å². The number of rotatable bonds is 5. The quantitative estimate of drug-likeness (QED) is 0.434.